The maximum Gasteiger partial charge on any atom is 0.244 e. The number of benzene rings is 1. The van der Waals surface area contributed by atoms with Gasteiger partial charge in [-0.15, -0.1) is 0 Å². The normalized spacial score (nSPS) is 17.8. The summed E-state index contributed by atoms with van der Waals surface area (Å²) in [5, 5.41) is 7.94. The van der Waals surface area contributed by atoms with Crippen molar-refractivity contribution in [1.29, 1.82) is 0 Å². The predicted octanol–water partition coefficient (Wildman–Crippen LogP) is 3.69. The molecular weight excluding hydrogens is 386 g/mol. The Hall–Kier alpha value is -3.25. The highest BCUT2D eigenvalue weighted by atomic mass is 16.1. The van der Waals surface area contributed by atoms with Crippen molar-refractivity contribution in [3.8, 4) is 16.9 Å². The molecule has 5 rings (SSSR count). The Labute approximate surface area is 182 Å². The van der Waals surface area contributed by atoms with Crippen molar-refractivity contribution in [2.45, 2.75) is 37.8 Å². The van der Waals surface area contributed by atoms with Crippen LogP contribution in [0.3, 0.4) is 0 Å². The monoisotopic (exact) mass is 413 g/mol. The van der Waals surface area contributed by atoms with Crippen LogP contribution in [0.2, 0.25) is 0 Å². The number of hydrogen-bond donors (Lipinski definition) is 1. The number of carbonyl (C=O) groups is 1. The third-order valence-electron chi connectivity index (χ3n) is 6.05. The van der Waals surface area contributed by atoms with Crippen molar-refractivity contribution in [3.05, 3.63) is 72.7 Å². The van der Waals surface area contributed by atoms with Crippen molar-refractivity contribution in [3.63, 3.8) is 0 Å². The lowest BCUT2D eigenvalue weighted by molar-refractivity contribution is -0.117. The second-order valence-electron chi connectivity index (χ2n) is 8.34. The molecule has 0 bridgehead atoms. The summed E-state index contributed by atoms with van der Waals surface area (Å²) < 4.78 is 1.84. The first-order chi connectivity index (χ1) is 15.3. The first-order valence-corrected chi connectivity index (χ1v) is 11.0. The second kappa shape index (κ2) is 8.86. The lowest BCUT2D eigenvalue weighted by Gasteiger charge is -2.32. The highest BCUT2D eigenvalue weighted by Crippen LogP contribution is 2.29. The van der Waals surface area contributed by atoms with E-state index in [0.717, 1.165) is 54.5 Å². The number of carbonyl (C=O) groups excluding carboxylic acids is 1. The summed E-state index contributed by atoms with van der Waals surface area (Å²) in [5.41, 5.74) is 3.58. The molecular formula is C25H27N5O. The van der Waals surface area contributed by atoms with Crippen LogP contribution < -0.4 is 5.32 Å². The zero-order valence-electron chi connectivity index (χ0n) is 17.5. The molecule has 3 aromatic rings. The first-order valence-electron chi connectivity index (χ1n) is 11.0. The Morgan fingerprint density at radius 1 is 1.03 bits per heavy atom. The van der Waals surface area contributed by atoms with Crippen LogP contribution in [-0.2, 0) is 4.79 Å². The van der Waals surface area contributed by atoms with Crippen LogP contribution in [0.25, 0.3) is 23.0 Å². The minimum absolute atomic E-state index is 0.0468. The highest BCUT2D eigenvalue weighted by molar-refractivity contribution is 5.93. The van der Waals surface area contributed by atoms with Gasteiger partial charge in [-0.3, -0.25) is 9.78 Å². The van der Waals surface area contributed by atoms with Crippen LogP contribution in [-0.4, -0.2) is 50.7 Å². The smallest absolute Gasteiger partial charge is 0.244 e. The number of piperidine rings is 1. The van der Waals surface area contributed by atoms with Gasteiger partial charge in [-0.2, -0.15) is 5.10 Å². The van der Waals surface area contributed by atoms with E-state index in [1.54, 1.807) is 18.5 Å². The molecule has 1 aromatic carbocycles. The molecule has 2 aliphatic rings. The zero-order chi connectivity index (χ0) is 21.0. The quantitative estimate of drug-likeness (QED) is 0.626. The van der Waals surface area contributed by atoms with E-state index in [9.17, 15) is 4.79 Å². The third kappa shape index (κ3) is 4.75. The van der Waals surface area contributed by atoms with Crippen LogP contribution in [0, 0.1) is 0 Å². The molecule has 0 atom stereocenters. The van der Waals surface area contributed by atoms with Crippen molar-refractivity contribution in [1.82, 2.24) is 25.0 Å². The summed E-state index contributed by atoms with van der Waals surface area (Å²) in [7, 11) is 0. The van der Waals surface area contributed by atoms with E-state index in [1.165, 1.54) is 12.8 Å². The van der Waals surface area contributed by atoms with Crippen molar-refractivity contribution >= 4 is 12.0 Å². The number of nitrogens with zero attached hydrogens (tertiary/aromatic N) is 4. The molecule has 0 radical (unpaired) electrons. The van der Waals surface area contributed by atoms with Crippen molar-refractivity contribution < 1.29 is 4.79 Å². The van der Waals surface area contributed by atoms with Gasteiger partial charge in [0.2, 0.25) is 5.91 Å². The Morgan fingerprint density at radius 3 is 2.55 bits per heavy atom. The van der Waals surface area contributed by atoms with Crippen LogP contribution >= 0.6 is 0 Å². The van der Waals surface area contributed by atoms with E-state index in [4.69, 9.17) is 5.10 Å². The number of likely N-dealkylation sites (tertiary alicyclic amines) is 1. The molecule has 158 valence electrons. The maximum atomic E-state index is 12.6. The number of hydrogen-bond acceptors (Lipinski definition) is 4. The molecule has 1 saturated heterocycles. The Kier molecular flexibility index (Phi) is 5.63. The molecule has 1 saturated carbocycles. The lowest BCUT2D eigenvalue weighted by Crippen LogP contribution is -2.44. The van der Waals surface area contributed by atoms with Gasteiger partial charge in [0, 0.05) is 61.0 Å². The fourth-order valence-electron chi connectivity index (χ4n) is 4.21. The van der Waals surface area contributed by atoms with Gasteiger partial charge in [0.1, 0.15) is 5.69 Å². The number of aromatic nitrogens is 3. The number of amides is 1. The molecule has 0 spiro atoms. The molecule has 1 aliphatic heterocycles. The fourth-order valence-corrected chi connectivity index (χ4v) is 4.21. The molecule has 6 nitrogen and oxygen atoms in total. The van der Waals surface area contributed by atoms with Crippen LogP contribution in [0.5, 0.6) is 0 Å². The van der Waals surface area contributed by atoms with Gasteiger partial charge in [0.25, 0.3) is 0 Å². The number of para-hydroxylation sites is 1. The predicted molar refractivity (Wildman–Crippen MR) is 122 cm³/mol. The Morgan fingerprint density at radius 2 is 1.84 bits per heavy atom. The highest BCUT2D eigenvalue weighted by Gasteiger charge is 2.31. The van der Waals surface area contributed by atoms with Crippen LogP contribution in [0.1, 0.15) is 31.2 Å². The standard InChI is InChI=1S/C25H27N5O/c31-24(27-21-12-15-29(16-13-21)22-9-10-22)11-8-20-18-30(23-6-2-1-3-7-23)28-25(20)19-5-4-14-26-17-19/h1-8,11,14,17-18,21-22H,9-10,12-13,15-16H2,(H,27,31)/b11-8+. The van der Waals surface area contributed by atoms with Crippen molar-refractivity contribution in [2.24, 2.45) is 0 Å². The van der Waals surface area contributed by atoms with Crippen LogP contribution in [0.15, 0.2) is 67.1 Å². The average Bonchev–Trinajstić information content (AvgIpc) is 3.58. The third-order valence-corrected chi connectivity index (χ3v) is 6.05. The Balaban J connectivity index is 1.31. The SMILES string of the molecule is O=C(/C=C/c1cn(-c2ccccc2)nc1-c1cccnc1)NC1CCN(C2CC2)CC1. The van der Waals surface area contributed by atoms with E-state index >= 15 is 0 Å². The second-order valence-corrected chi connectivity index (χ2v) is 8.34. The topological polar surface area (TPSA) is 63.1 Å². The minimum atomic E-state index is -0.0468. The van der Waals surface area contributed by atoms with E-state index in [2.05, 4.69) is 15.2 Å². The van der Waals surface area contributed by atoms with Crippen molar-refractivity contribution in [2.75, 3.05) is 13.1 Å². The largest absolute Gasteiger partial charge is 0.350 e. The average molecular weight is 414 g/mol. The van der Waals surface area contributed by atoms with E-state index in [1.807, 2.05) is 59.4 Å². The van der Waals surface area contributed by atoms with Gasteiger partial charge in [-0.25, -0.2) is 4.68 Å². The fraction of sp³-hybridized carbons (Fsp3) is 0.320. The number of rotatable bonds is 6. The van der Waals surface area contributed by atoms with E-state index in [0.29, 0.717) is 0 Å². The summed E-state index contributed by atoms with van der Waals surface area (Å²) in [6, 6.07) is 14.9. The summed E-state index contributed by atoms with van der Waals surface area (Å²) in [4.78, 5) is 19.4. The molecule has 2 aromatic heterocycles. The minimum Gasteiger partial charge on any atom is -0.350 e. The van der Waals surface area contributed by atoms with Gasteiger partial charge in [0.15, 0.2) is 0 Å². The van der Waals surface area contributed by atoms with E-state index in [-0.39, 0.29) is 11.9 Å². The zero-order valence-corrected chi connectivity index (χ0v) is 17.5. The molecule has 1 amide bonds. The maximum absolute atomic E-state index is 12.6. The lowest BCUT2D eigenvalue weighted by atomic mass is 10.0. The van der Waals surface area contributed by atoms with Gasteiger partial charge in [-0.05, 0) is 56.0 Å². The van der Waals surface area contributed by atoms with E-state index < -0.39 is 0 Å². The first kappa shape index (κ1) is 19.7. The summed E-state index contributed by atoms with van der Waals surface area (Å²) in [6.45, 7) is 2.18. The summed E-state index contributed by atoms with van der Waals surface area (Å²) >= 11 is 0. The summed E-state index contributed by atoms with van der Waals surface area (Å²) in [6.07, 6.45) is 13.7. The van der Waals surface area contributed by atoms with Gasteiger partial charge < -0.3 is 10.2 Å². The Bertz CT molecular complexity index is 1050. The van der Waals surface area contributed by atoms with Crippen LogP contribution in [0.4, 0.5) is 0 Å². The number of nitrogens with one attached hydrogen (secondary N) is 1. The molecule has 31 heavy (non-hydrogen) atoms. The van der Waals surface area contributed by atoms with Gasteiger partial charge >= 0.3 is 0 Å². The summed E-state index contributed by atoms with van der Waals surface area (Å²) in [5.74, 6) is -0.0468. The molecule has 6 heteroatoms. The molecule has 0 unspecified atom stereocenters. The number of pyridine rings is 1. The molecule has 1 aliphatic carbocycles. The van der Waals surface area contributed by atoms with Gasteiger partial charge in [0.05, 0.1) is 5.69 Å². The molecule has 1 N–H and O–H groups in total. The molecule has 3 heterocycles. The van der Waals surface area contributed by atoms with Gasteiger partial charge in [-0.1, -0.05) is 18.2 Å². The molecule has 2 fully saturated rings.